The van der Waals surface area contributed by atoms with Crippen LogP contribution in [0, 0.1) is 14.7 Å². The Morgan fingerprint density at radius 3 is 1.10 bits per heavy atom. The summed E-state index contributed by atoms with van der Waals surface area (Å²) in [5, 5.41) is 17.9. The summed E-state index contributed by atoms with van der Waals surface area (Å²) in [4.78, 5) is 61.2. The van der Waals surface area contributed by atoms with Crippen LogP contribution in [0.1, 0.15) is 0 Å². The predicted molar refractivity (Wildman–Crippen MR) is 153 cm³/mol. The Morgan fingerprint density at radius 2 is 0.800 bits per heavy atom. The number of anilines is 3. The molecule has 0 radical (unpaired) electrons. The third kappa shape index (κ3) is 4.94. The molecule has 0 spiro atoms. The molecule has 3 heterocycles. The molecule has 3 aliphatic heterocycles. The van der Waals surface area contributed by atoms with E-state index < -0.39 is 0 Å². The number of aliphatic imine (C=N–C) groups is 6. The lowest BCUT2D eigenvalue weighted by Gasteiger charge is -2.30. The van der Waals surface area contributed by atoms with Gasteiger partial charge in [0.05, 0.1) is 0 Å². The Labute approximate surface area is 224 Å². The fraction of sp³-hybridized carbons (Fsp3) is 0. The van der Waals surface area contributed by atoms with Crippen molar-refractivity contribution >= 4 is 69.9 Å². The van der Waals surface area contributed by atoms with Crippen LogP contribution in [0.15, 0.2) is 118 Å². The minimum Gasteiger partial charge on any atom is -0.324 e. The van der Waals surface area contributed by atoms with Crippen molar-refractivity contribution in [1.29, 1.82) is 0 Å². The molecule has 3 aromatic rings. The maximum atomic E-state index is 11.0. The van der Waals surface area contributed by atoms with Crippen LogP contribution >= 0.6 is 0 Å². The number of nitrogens with one attached hydrogen (secondary N) is 3. The third-order valence-corrected chi connectivity index (χ3v) is 5.46. The Kier molecular flexibility index (Phi) is 6.14. The maximum Gasteiger partial charge on any atom is 0.246 e. The van der Waals surface area contributed by atoms with Crippen LogP contribution in [0.5, 0.6) is 0 Å². The minimum atomic E-state index is 0.123. The molecular weight excluding hydrogens is 518 g/mol. The molecule has 3 aliphatic rings. The molecular formula is C24H15N13O3. The molecule has 0 bridgehead atoms. The average molecular weight is 533 g/mol. The van der Waals surface area contributed by atoms with Crippen molar-refractivity contribution in [3.8, 4) is 0 Å². The number of hydrogen-bond donors (Lipinski definition) is 3. The number of nitrogens with zero attached hydrogens (tertiary/aromatic N) is 10. The molecule has 0 unspecified atom stereocenters. The van der Waals surface area contributed by atoms with E-state index in [1.807, 2.05) is 0 Å². The van der Waals surface area contributed by atoms with Crippen molar-refractivity contribution in [2.24, 2.45) is 45.5 Å². The Balaban J connectivity index is 1.39. The molecule has 194 valence electrons. The summed E-state index contributed by atoms with van der Waals surface area (Å²) in [5.74, 6) is 0.808. The first-order chi connectivity index (χ1) is 19.6. The zero-order valence-corrected chi connectivity index (χ0v) is 20.1. The Morgan fingerprint density at radius 1 is 0.475 bits per heavy atom. The standard InChI is InChI=1S/C24H15N13O3/c38-34-16-7-1-4-13(10-16)25-19-28-22-30-20(26-14-5-2-8-17(11-14)35-39)32-24-33-21(31-23(29-19)37(22)24)27-15-6-3-9-18(12-15)36-40/h1-12H,(H3,25,26,27,28,29,30,31,32,33). The largest absolute Gasteiger partial charge is 0.324 e. The second kappa shape index (κ2) is 10.2. The van der Waals surface area contributed by atoms with Gasteiger partial charge in [-0.25, -0.2) is 4.90 Å². The molecule has 0 amide bonds. The van der Waals surface area contributed by atoms with E-state index in [-0.39, 0.29) is 52.8 Å². The highest BCUT2D eigenvalue weighted by molar-refractivity contribution is 6.32. The number of hydrogen-bond acceptors (Lipinski definition) is 16. The van der Waals surface area contributed by atoms with Crippen LogP contribution in [-0.2, 0) is 0 Å². The molecule has 0 saturated heterocycles. The van der Waals surface area contributed by atoms with Gasteiger partial charge in [0.1, 0.15) is 17.1 Å². The summed E-state index contributed by atoms with van der Waals surface area (Å²) in [5.41, 5.74) is 2.21. The van der Waals surface area contributed by atoms with E-state index in [9.17, 15) is 14.7 Å². The van der Waals surface area contributed by atoms with Crippen LogP contribution in [0.2, 0.25) is 0 Å². The van der Waals surface area contributed by atoms with Crippen molar-refractivity contribution in [2.75, 3.05) is 16.0 Å². The quantitative estimate of drug-likeness (QED) is 0.370. The van der Waals surface area contributed by atoms with Crippen LogP contribution < -0.4 is 16.0 Å². The zero-order chi connectivity index (χ0) is 27.5. The fourth-order valence-electron chi connectivity index (χ4n) is 3.76. The van der Waals surface area contributed by atoms with Crippen molar-refractivity contribution < 1.29 is 0 Å². The molecule has 3 aromatic carbocycles. The molecule has 0 fully saturated rings. The molecule has 0 atom stereocenters. The average Bonchev–Trinajstić information content (AvgIpc) is 2.97. The van der Waals surface area contributed by atoms with Gasteiger partial charge in [-0.05, 0) is 70.1 Å². The monoisotopic (exact) mass is 533 g/mol. The van der Waals surface area contributed by atoms with E-state index in [1.54, 1.807) is 54.6 Å². The number of guanidine groups is 6. The lowest BCUT2D eigenvalue weighted by Crippen LogP contribution is -2.49. The summed E-state index contributed by atoms with van der Waals surface area (Å²) in [6, 6.07) is 19.4. The first kappa shape index (κ1) is 24.0. The second-order valence-electron chi connectivity index (χ2n) is 8.18. The number of nitroso groups, excluding NO2 is 3. The van der Waals surface area contributed by atoms with E-state index in [2.05, 4.69) is 61.4 Å². The van der Waals surface area contributed by atoms with Crippen molar-refractivity contribution in [1.82, 2.24) is 4.90 Å². The van der Waals surface area contributed by atoms with Crippen LogP contribution in [-0.4, -0.2) is 40.7 Å². The highest BCUT2D eigenvalue weighted by atomic mass is 16.3. The van der Waals surface area contributed by atoms with Crippen molar-refractivity contribution in [3.63, 3.8) is 0 Å². The Bertz CT molecular complexity index is 1550. The van der Waals surface area contributed by atoms with E-state index in [1.165, 1.54) is 23.1 Å². The second-order valence-corrected chi connectivity index (χ2v) is 8.18. The third-order valence-electron chi connectivity index (χ3n) is 5.46. The predicted octanol–water partition coefficient (Wildman–Crippen LogP) is 5.00. The highest BCUT2D eigenvalue weighted by Gasteiger charge is 2.35. The molecule has 0 saturated carbocycles. The minimum absolute atomic E-state index is 0.123. The van der Waals surface area contributed by atoms with Gasteiger partial charge in [0.25, 0.3) is 0 Å². The molecule has 16 heteroatoms. The van der Waals surface area contributed by atoms with Gasteiger partial charge in [-0.1, -0.05) is 18.2 Å². The van der Waals surface area contributed by atoms with Crippen LogP contribution in [0.25, 0.3) is 0 Å². The van der Waals surface area contributed by atoms with Crippen LogP contribution in [0.4, 0.5) is 34.1 Å². The van der Waals surface area contributed by atoms with Crippen molar-refractivity contribution in [2.45, 2.75) is 0 Å². The summed E-state index contributed by atoms with van der Waals surface area (Å²) in [6.45, 7) is 0. The lowest BCUT2D eigenvalue weighted by molar-refractivity contribution is 0.826. The van der Waals surface area contributed by atoms with Crippen LogP contribution in [0.3, 0.4) is 0 Å². The van der Waals surface area contributed by atoms with E-state index in [0.29, 0.717) is 17.1 Å². The summed E-state index contributed by atoms with van der Waals surface area (Å²) in [6.07, 6.45) is 0. The van der Waals surface area contributed by atoms with Gasteiger partial charge >= 0.3 is 0 Å². The molecule has 16 nitrogen and oxygen atoms in total. The van der Waals surface area contributed by atoms with Gasteiger partial charge < -0.3 is 16.0 Å². The normalized spacial score (nSPS) is 15.2. The molecule has 0 aromatic heterocycles. The van der Waals surface area contributed by atoms with Gasteiger partial charge in [0.2, 0.25) is 35.8 Å². The van der Waals surface area contributed by atoms with E-state index in [4.69, 9.17) is 0 Å². The maximum absolute atomic E-state index is 11.0. The van der Waals surface area contributed by atoms with E-state index in [0.717, 1.165) is 0 Å². The summed E-state index contributed by atoms with van der Waals surface area (Å²) in [7, 11) is 0. The highest BCUT2D eigenvalue weighted by Crippen LogP contribution is 2.23. The smallest absolute Gasteiger partial charge is 0.246 e. The Hall–Kier alpha value is -6.32. The topological polar surface area (TPSA) is 202 Å². The lowest BCUT2D eigenvalue weighted by atomic mass is 10.3. The van der Waals surface area contributed by atoms with Crippen molar-refractivity contribution in [3.05, 3.63) is 87.5 Å². The number of rotatable bonds is 6. The SMILES string of the molecule is O=Nc1cccc(NC2=NC3=NC(Nc4cccc(N=O)c4)=NC4=NC(Nc5cccc(N=O)c5)=NC(=N2)N34)c1. The van der Waals surface area contributed by atoms with Gasteiger partial charge in [0, 0.05) is 17.1 Å². The van der Waals surface area contributed by atoms with Gasteiger partial charge in [-0.15, -0.1) is 14.7 Å². The zero-order valence-electron chi connectivity index (χ0n) is 20.1. The summed E-state index contributed by atoms with van der Waals surface area (Å²) < 4.78 is 0. The molecule has 3 N–H and O–H groups in total. The number of benzene rings is 3. The van der Waals surface area contributed by atoms with Gasteiger partial charge in [-0.2, -0.15) is 30.0 Å². The first-order valence-electron chi connectivity index (χ1n) is 11.5. The molecule has 6 rings (SSSR count). The summed E-state index contributed by atoms with van der Waals surface area (Å²) >= 11 is 0. The fourth-order valence-corrected chi connectivity index (χ4v) is 3.76. The molecule has 40 heavy (non-hydrogen) atoms. The first-order valence-corrected chi connectivity index (χ1v) is 11.5. The van der Waals surface area contributed by atoms with E-state index >= 15 is 0 Å². The molecule has 0 aliphatic carbocycles. The van der Waals surface area contributed by atoms with Gasteiger partial charge in [0.15, 0.2) is 0 Å². The van der Waals surface area contributed by atoms with Gasteiger partial charge in [-0.3, -0.25) is 0 Å².